The Morgan fingerprint density at radius 2 is 1.84 bits per heavy atom. The summed E-state index contributed by atoms with van der Waals surface area (Å²) >= 11 is 6.68. The summed E-state index contributed by atoms with van der Waals surface area (Å²) in [6.07, 6.45) is 1.36. The standard InChI is InChI=1S/C22H12ClN3O4S/c23-15-7-5-13(6-8-15)20-25-26-22(30-20)31-19(21(27)28)11-16-9-10-18(29-16)17-4-2-1-3-14(17)12-24/h1-11H,(H,27,28)/b19-11-. The number of aromatic nitrogens is 2. The van der Waals surface area contributed by atoms with Crippen LogP contribution in [-0.4, -0.2) is 21.3 Å². The van der Waals surface area contributed by atoms with Crippen LogP contribution < -0.4 is 0 Å². The molecule has 31 heavy (non-hydrogen) atoms. The molecule has 2 aromatic carbocycles. The van der Waals surface area contributed by atoms with Gasteiger partial charge in [0.15, 0.2) is 0 Å². The summed E-state index contributed by atoms with van der Waals surface area (Å²) in [6.45, 7) is 0. The van der Waals surface area contributed by atoms with Crippen LogP contribution in [0.4, 0.5) is 0 Å². The minimum absolute atomic E-state index is 0.0687. The number of halogens is 1. The van der Waals surface area contributed by atoms with E-state index in [-0.39, 0.29) is 16.0 Å². The highest BCUT2D eigenvalue weighted by molar-refractivity contribution is 8.03. The van der Waals surface area contributed by atoms with Gasteiger partial charge in [-0.05, 0) is 60.3 Å². The molecule has 2 aromatic heterocycles. The van der Waals surface area contributed by atoms with Crippen LogP contribution in [0.5, 0.6) is 0 Å². The van der Waals surface area contributed by atoms with Crippen LogP contribution in [-0.2, 0) is 4.79 Å². The molecule has 4 rings (SSSR count). The van der Waals surface area contributed by atoms with Gasteiger partial charge >= 0.3 is 5.97 Å². The van der Waals surface area contributed by atoms with Crippen molar-refractivity contribution in [2.45, 2.75) is 5.22 Å². The number of aliphatic carboxylic acids is 1. The predicted octanol–water partition coefficient (Wildman–Crippen LogP) is 5.74. The molecule has 0 fully saturated rings. The van der Waals surface area contributed by atoms with Crippen molar-refractivity contribution < 1.29 is 18.7 Å². The average Bonchev–Trinajstić information content (AvgIpc) is 3.43. The van der Waals surface area contributed by atoms with E-state index >= 15 is 0 Å². The minimum Gasteiger partial charge on any atom is -0.477 e. The lowest BCUT2D eigenvalue weighted by Crippen LogP contribution is -1.96. The zero-order valence-corrected chi connectivity index (χ0v) is 17.2. The van der Waals surface area contributed by atoms with Crippen LogP contribution in [0, 0.1) is 11.3 Å². The molecule has 152 valence electrons. The van der Waals surface area contributed by atoms with Gasteiger partial charge in [-0.15, -0.1) is 10.2 Å². The first-order valence-corrected chi connectivity index (χ1v) is 10.0. The van der Waals surface area contributed by atoms with Gasteiger partial charge in [-0.1, -0.05) is 23.7 Å². The maximum absolute atomic E-state index is 11.7. The van der Waals surface area contributed by atoms with Crippen molar-refractivity contribution in [1.29, 1.82) is 5.26 Å². The third-order valence-corrected chi connectivity index (χ3v) is 5.22. The van der Waals surface area contributed by atoms with E-state index in [1.54, 1.807) is 60.7 Å². The van der Waals surface area contributed by atoms with Gasteiger partial charge in [-0.25, -0.2) is 4.79 Å². The number of nitriles is 1. The summed E-state index contributed by atoms with van der Waals surface area (Å²) in [5.74, 6) is -0.157. The second-order valence-electron chi connectivity index (χ2n) is 6.16. The number of nitrogens with zero attached hydrogens (tertiary/aromatic N) is 3. The molecule has 4 aromatic rings. The highest BCUT2D eigenvalue weighted by atomic mass is 35.5. The Hall–Kier alpha value is -3.80. The van der Waals surface area contributed by atoms with E-state index in [1.165, 1.54) is 6.08 Å². The number of rotatable bonds is 6. The maximum Gasteiger partial charge on any atom is 0.342 e. The molecule has 7 nitrogen and oxygen atoms in total. The van der Waals surface area contributed by atoms with Crippen molar-refractivity contribution in [3.63, 3.8) is 0 Å². The fourth-order valence-electron chi connectivity index (χ4n) is 2.69. The van der Waals surface area contributed by atoms with Gasteiger partial charge in [0.05, 0.1) is 11.6 Å². The molecule has 0 radical (unpaired) electrons. The van der Waals surface area contributed by atoms with Crippen molar-refractivity contribution in [3.05, 3.63) is 81.9 Å². The highest BCUT2D eigenvalue weighted by Crippen LogP contribution is 2.32. The molecule has 0 aliphatic carbocycles. The highest BCUT2D eigenvalue weighted by Gasteiger charge is 2.17. The minimum atomic E-state index is -1.17. The van der Waals surface area contributed by atoms with Gasteiger partial charge in [0.1, 0.15) is 16.4 Å². The second kappa shape index (κ2) is 8.92. The number of hydrogen-bond donors (Lipinski definition) is 1. The number of carboxylic acid groups (broad SMARTS) is 1. The molecular weight excluding hydrogens is 438 g/mol. The first kappa shape index (κ1) is 20.5. The van der Waals surface area contributed by atoms with Crippen LogP contribution >= 0.6 is 23.4 Å². The molecule has 0 saturated heterocycles. The summed E-state index contributed by atoms with van der Waals surface area (Å²) in [4.78, 5) is 11.7. The number of furan rings is 1. The molecular formula is C22H12ClN3O4S. The first-order chi connectivity index (χ1) is 15.0. The predicted molar refractivity (Wildman–Crippen MR) is 115 cm³/mol. The Kier molecular flexibility index (Phi) is 5.89. The van der Waals surface area contributed by atoms with E-state index < -0.39 is 5.97 Å². The third kappa shape index (κ3) is 4.69. The van der Waals surface area contributed by atoms with Crippen molar-refractivity contribution in [2.75, 3.05) is 0 Å². The molecule has 0 atom stereocenters. The van der Waals surface area contributed by atoms with E-state index in [4.69, 9.17) is 20.4 Å². The van der Waals surface area contributed by atoms with Crippen molar-refractivity contribution >= 4 is 35.4 Å². The number of thioether (sulfide) groups is 1. The van der Waals surface area contributed by atoms with Crippen molar-refractivity contribution in [3.8, 4) is 28.8 Å². The van der Waals surface area contributed by atoms with Gasteiger partial charge in [-0.2, -0.15) is 5.26 Å². The summed E-state index contributed by atoms with van der Waals surface area (Å²) < 4.78 is 11.3. The number of benzene rings is 2. The molecule has 0 aliphatic rings. The fraction of sp³-hybridized carbons (Fsp3) is 0. The molecule has 0 spiro atoms. The van der Waals surface area contributed by atoms with E-state index in [0.717, 1.165) is 11.8 Å². The zero-order chi connectivity index (χ0) is 21.8. The smallest absolute Gasteiger partial charge is 0.342 e. The number of hydrogen-bond acceptors (Lipinski definition) is 7. The Labute approximate surface area is 185 Å². The SMILES string of the molecule is N#Cc1ccccc1-c1ccc(/C=C(\Sc2nnc(-c3ccc(Cl)cc3)o2)C(=O)O)o1. The first-order valence-electron chi connectivity index (χ1n) is 8.85. The van der Waals surface area contributed by atoms with Gasteiger partial charge in [0.2, 0.25) is 5.89 Å². The summed E-state index contributed by atoms with van der Waals surface area (Å²) in [6, 6.07) is 19.2. The fourth-order valence-corrected chi connectivity index (χ4v) is 3.47. The monoisotopic (exact) mass is 449 g/mol. The Bertz CT molecular complexity index is 1320. The molecule has 0 amide bonds. The summed E-state index contributed by atoms with van der Waals surface area (Å²) in [5.41, 5.74) is 1.75. The van der Waals surface area contributed by atoms with Crippen LogP contribution in [0.3, 0.4) is 0 Å². The normalized spacial score (nSPS) is 11.3. The van der Waals surface area contributed by atoms with Crippen molar-refractivity contribution in [1.82, 2.24) is 10.2 Å². The van der Waals surface area contributed by atoms with Crippen LogP contribution in [0.2, 0.25) is 5.02 Å². The van der Waals surface area contributed by atoms with E-state index in [0.29, 0.717) is 33.2 Å². The van der Waals surface area contributed by atoms with E-state index in [2.05, 4.69) is 16.3 Å². The topological polar surface area (TPSA) is 113 Å². The molecule has 2 heterocycles. The summed E-state index contributed by atoms with van der Waals surface area (Å²) in [7, 11) is 0. The molecule has 0 aliphatic heterocycles. The van der Waals surface area contributed by atoms with Crippen molar-refractivity contribution in [2.24, 2.45) is 0 Å². The van der Waals surface area contributed by atoms with Crippen LogP contribution in [0.15, 0.2) is 79.6 Å². The quantitative estimate of drug-likeness (QED) is 0.293. The lowest BCUT2D eigenvalue weighted by Gasteiger charge is -2.00. The molecule has 0 bridgehead atoms. The number of carboxylic acids is 1. The maximum atomic E-state index is 11.7. The Morgan fingerprint density at radius 3 is 2.58 bits per heavy atom. The molecule has 1 N–H and O–H groups in total. The molecule has 9 heteroatoms. The van der Waals surface area contributed by atoms with Crippen LogP contribution in [0.25, 0.3) is 28.9 Å². The lowest BCUT2D eigenvalue weighted by atomic mass is 10.1. The zero-order valence-electron chi connectivity index (χ0n) is 15.7. The van der Waals surface area contributed by atoms with E-state index in [9.17, 15) is 15.2 Å². The van der Waals surface area contributed by atoms with Crippen LogP contribution in [0.1, 0.15) is 11.3 Å². The average molecular weight is 450 g/mol. The molecule has 0 unspecified atom stereocenters. The van der Waals surface area contributed by atoms with Gasteiger partial charge in [-0.3, -0.25) is 0 Å². The molecule has 0 saturated carbocycles. The van der Waals surface area contributed by atoms with Gasteiger partial charge in [0.25, 0.3) is 5.22 Å². The largest absolute Gasteiger partial charge is 0.477 e. The van der Waals surface area contributed by atoms with E-state index in [1.807, 2.05) is 0 Å². The summed E-state index contributed by atoms with van der Waals surface area (Å²) in [5, 5.41) is 27.3. The Balaban J connectivity index is 1.58. The second-order valence-corrected chi connectivity index (χ2v) is 7.58. The third-order valence-electron chi connectivity index (χ3n) is 4.12. The number of carbonyl (C=O) groups is 1. The van der Waals surface area contributed by atoms with Gasteiger partial charge < -0.3 is 13.9 Å². The lowest BCUT2D eigenvalue weighted by molar-refractivity contribution is -0.131. The Morgan fingerprint density at radius 1 is 1.06 bits per heavy atom. The van der Waals surface area contributed by atoms with Gasteiger partial charge in [0, 0.05) is 22.2 Å².